The molecule has 32 heavy (non-hydrogen) atoms. The first-order valence-corrected chi connectivity index (χ1v) is 11.4. The zero-order chi connectivity index (χ0) is 22.9. The molecule has 0 spiro atoms. The molecule has 2 aromatic heterocycles. The van der Waals surface area contributed by atoms with Crippen molar-refractivity contribution >= 4 is 38.4 Å². The van der Waals surface area contributed by atoms with Crippen LogP contribution in [0.5, 0.6) is 0 Å². The van der Waals surface area contributed by atoms with Gasteiger partial charge in [-0.1, -0.05) is 24.8 Å². The van der Waals surface area contributed by atoms with E-state index in [1.54, 1.807) is 42.5 Å². The van der Waals surface area contributed by atoms with Crippen molar-refractivity contribution in [2.75, 3.05) is 11.6 Å². The number of aromatic nitrogens is 2. The number of anilines is 2. The summed E-state index contributed by atoms with van der Waals surface area (Å²) in [6.45, 7) is 7.11. The number of hydrogen-bond acceptors (Lipinski definition) is 6. The van der Waals surface area contributed by atoms with Crippen molar-refractivity contribution in [3.05, 3.63) is 77.0 Å². The van der Waals surface area contributed by atoms with Crippen LogP contribution >= 0.6 is 0 Å². The average molecular weight is 453 g/mol. The Morgan fingerprint density at radius 2 is 1.88 bits per heavy atom. The number of benzene rings is 1. The minimum atomic E-state index is -3.53. The number of rotatable bonds is 6. The van der Waals surface area contributed by atoms with Crippen molar-refractivity contribution in [3.8, 4) is 0 Å². The number of halogens is 2. The second-order valence-electron chi connectivity index (χ2n) is 7.21. The Morgan fingerprint density at radius 3 is 2.59 bits per heavy atom. The first-order chi connectivity index (χ1) is 15.2. The van der Waals surface area contributed by atoms with Gasteiger partial charge in [-0.3, -0.25) is 4.98 Å². The van der Waals surface area contributed by atoms with E-state index in [9.17, 15) is 17.2 Å². The molecule has 1 aromatic carbocycles. The van der Waals surface area contributed by atoms with Crippen molar-refractivity contribution in [3.63, 3.8) is 0 Å². The normalized spacial score (nSPS) is 12.9. The Morgan fingerprint density at radius 1 is 1.09 bits per heavy atom. The third-order valence-corrected chi connectivity index (χ3v) is 5.95. The lowest BCUT2D eigenvalue weighted by molar-refractivity contribution is 0.224. The van der Waals surface area contributed by atoms with Crippen LogP contribution in [0.2, 0.25) is 0 Å². The van der Waals surface area contributed by atoms with Gasteiger partial charge in [0.15, 0.2) is 9.84 Å². The van der Waals surface area contributed by atoms with Gasteiger partial charge in [0.05, 0.1) is 39.8 Å². The maximum atomic E-state index is 13.3. The summed E-state index contributed by atoms with van der Waals surface area (Å²) >= 11 is 0. The maximum Gasteiger partial charge on any atom is 0.277 e. The summed E-state index contributed by atoms with van der Waals surface area (Å²) in [4.78, 5) is 16.2. The fourth-order valence-corrected chi connectivity index (χ4v) is 4.26. The van der Waals surface area contributed by atoms with Gasteiger partial charge < -0.3 is 10.2 Å². The highest BCUT2D eigenvalue weighted by Crippen LogP contribution is 2.38. The Labute approximate surface area is 183 Å². The van der Waals surface area contributed by atoms with Crippen molar-refractivity contribution in [1.82, 2.24) is 9.97 Å². The number of pyridine rings is 2. The molecular formula is C22H17F2N5O2S. The lowest BCUT2D eigenvalue weighted by Crippen LogP contribution is -2.10. The molecule has 0 fully saturated rings. The van der Waals surface area contributed by atoms with E-state index in [-0.39, 0.29) is 35.0 Å². The minimum Gasteiger partial charge on any atom is -0.361 e. The van der Waals surface area contributed by atoms with Crippen molar-refractivity contribution < 1.29 is 17.2 Å². The Bertz CT molecular complexity index is 1380. The quantitative estimate of drug-likeness (QED) is 0.549. The van der Waals surface area contributed by atoms with Crippen LogP contribution in [0.15, 0.2) is 58.4 Å². The molecule has 3 heterocycles. The number of fused-ring (bicyclic) bond motifs is 1. The smallest absolute Gasteiger partial charge is 0.277 e. The zero-order valence-corrected chi connectivity index (χ0v) is 17.7. The van der Waals surface area contributed by atoms with Gasteiger partial charge >= 0.3 is 0 Å². The highest BCUT2D eigenvalue weighted by Gasteiger charge is 2.27. The summed E-state index contributed by atoms with van der Waals surface area (Å²) < 4.78 is 51.0. The predicted octanol–water partition coefficient (Wildman–Crippen LogP) is 4.66. The fraction of sp³-hybridized carbons (Fsp3) is 0.182. The molecule has 1 N–H and O–H groups in total. The minimum absolute atomic E-state index is 0.0783. The van der Waals surface area contributed by atoms with Crippen LogP contribution in [-0.2, 0) is 22.7 Å². The number of sulfone groups is 1. The van der Waals surface area contributed by atoms with Crippen LogP contribution in [0.4, 0.5) is 31.7 Å². The van der Waals surface area contributed by atoms with Gasteiger partial charge in [-0.15, -0.1) is 4.98 Å². The molecule has 0 radical (unpaired) electrons. The molecule has 4 rings (SSSR count). The van der Waals surface area contributed by atoms with Crippen LogP contribution in [0.1, 0.15) is 17.1 Å². The van der Waals surface area contributed by atoms with Gasteiger partial charge in [0.2, 0.25) is 0 Å². The third-order valence-electron chi connectivity index (χ3n) is 4.80. The molecule has 1 aliphatic rings. The second-order valence-corrected chi connectivity index (χ2v) is 9.19. The van der Waals surface area contributed by atoms with E-state index in [0.717, 1.165) is 6.26 Å². The highest BCUT2D eigenvalue weighted by molar-refractivity contribution is 7.90. The number of nitrogens with one attached hydrogen (secondary N) is 1. The number of aliphatic imine (C=N–C) groups is 1. The topological polar surface area (TPSA) is 88.7 Å². The fourth-order valence-electron chi connectivity index (χ4n) is 3.42. The van der Waals surface area contributed by atoms with Crippen LogP contribution in [0.3, 0.4) is 0 Å². The average Bonchev–Trinajstić information content (AvgIpc) is 3.18. The maximum absolute atomic E-state index is 13.3. The van der Waals surface area contributed by atoms with Crippen LogP contribution in [0.25, 0.3) is 4.85 Å². The van der Waals surface area contributed by atoms with Gasteiger partial charge in [0, 0.05) is 12.7 Å². The van der Waals surface area contributed by atoms with E-state index in [1.807, 2.05) is 0 Å². The number of nitrogens with zero attached hydrogens (tertiary/aromatic N) is 4. The van der Waals surface area contributed by atoms with Crippen LogP contribution < -0.4 is 5.32 Å². The second kappa shape index (κ2) is 8.43. The first kappa shape index (κ1) is 21.5. The largest absolute Gasteiger partial charge is 0.361 e. The molecule has 0 saturated heterocycles. The number of alkyl halides is 2. The SMILES string of the molecule is [C-]#[N+]c1cccc(Cc2cc(Nc3ccccc3S(C)(=O)=O)c3c(n2)CC(C(F)F)=N3)n1. The van der Waals surface area contributed by atoms with E-state index in [4.69, 9.17) is 6.57 Å². The number of hydrogen-bond donors (Lipinski definition) is 1. The van der Waals surface area contributed by atoms with E-state index >= 15 is 0 Å². The molecule has 0 unspecified atom stereocenters. The van der Waals surface area contributed by atoms with Gasteiger partial charge in [0.1, 0.15) is 11.4 Å². The lowest BCUT2D eigenvalue weighted by Gasteiger charge is -2.14. The molecule has 0 bridgehead atoms. The van der Waals surface area contributed by atoms with Gasteiger partial charge in [-0.05, 0) is 30.3 Å². The predicted molar refractivity (Wildman–Crippen MR) is 117 cm³/mol. The summed E-state index contributed by atoms with van der Waals surface area (Å²) in [6.07, 6.45) is -1.46. The molecular weight excluding hydrogens is 436 g/mol. The highest BCUT2D eigenvalue weighted by atomic mass is 32.2. The summed E-state index contributed by atoms with van der Waals surface area (Å²) in [7, 11) is -3.53. The van der Waals surface area contributed by atoms with E-state index < -0.39 is 16.3 Å². The molecule has 162 valence electrons. The summed E-state index contributed by atoms with van der Waals surface area (Å²) in [5.41, 5.74) is 2.15. The molecule has 1 aliphatic heterocycles. The molecule has 0 amide bonds. The van der Waals surface area contributed by atoms with E-state index in [0.29, 0.717) is 28.5 Å². The first-order valence-electron chi connectivity index (χ1n) is 9.52. The third kappa shape index (κ3) is 4.48. The van der Waals surface area contributed by atoms with Crippen molar-refractivity contribution in [2.24, 2.45) is 4.99 Å². The lowest BCUT2D eigenvalue weighted by atomic mass is 10.1. The molecule has 0 atom stereocenters. The van der Waals surface area contributed by atoms with Gasteiger partial charge in [-0.25, -0.2) is 22.2 Å². The molecule has 0 saturated carbocycles. The summed E-state index contributed by atoms with van der Waals surface area (Å²) in [5, 5.41) is 3.05. The Hall–Kier alpha value is -3.71. The molecule has 0 aliphatic carbocycles. The monoisotopic (exact) mass is 453 g/mol. The van der Waals surface area contributed by atoms with Crippen LogP contribution in [-0.4, -0.2) is 36.8 Å². The summed E-state index contributed by atoms with van der Waals surface area (Å²) in [6, 6.07) is 13.0. The standard InChI is InChI=1S/C22H17F2N5O2S/c1-25-20-9-5-6-13(27-20)10-14-11-16(21-17(26-14)12-18(29-21)22(23)24)28-15-7-3-4-8-19(15)32(2,30)31/h3-9,11,22H,10,12H2,2H3,(H,26,28). The van der Waals surface area contributed by atoms with E-state index in [2.05, 4.69) is 25.1 Å². The van der Waals surface area contributed by atoms with Crippen LogP contribution in [0, 0.1) is 6.57 Å². The van der Waals surface area contributed by atoms with Crippen molar-refractivity contribution in [2.45, 2.75) is 24.2 Å². The Kier molecular flexibility index (Phi) is 5.67. The molecule has 10 heteroatoms. The van der Waals surface area contributed by atoms with Gasteiger partial charge in [0.25, 0.3) is 12.2 Å². The Balaban J connectivity index is 1.78. The summed E-state index contributed by atoms with van der Waals surface area (Å²) in [5.74, 6) is 0.243. The molecule has 7 nitrogen and oxygen atoms in total. The molecule has 3 aromatic rings. The van der Waals surface area contributed by atoms with E-state index in [1.165, 1.54) is 6.07 Å². The zero-order valence-electron chi connectivity index (χ0n) is 16.9. The number of para-hydroxylation sites is 1. The van der Waals surface area contributed by atoms with Crippen molar-refractivity contribution in [1.29, 1.82) is 0 Å². The van der Waals surface area contributed by atoms with Gasteiger partial charge in [-0.2, -0.15) is 0 Å².